The van der Waals surface area contributed by atoms with Gasteiger partial charge in [-0.2, -0.15) is 4.98 Å². The van der Waals surface area contributed by atoms with Gasteiger partial charge in [0.1, 0.15) is 5.69 Å². The molecule has 156 valence electrons. The van der Waals surface area contributed by atoms with E-state index < -0.39 is 6.23 Å². The SMILES string of the molecule is Cc1noc(-c2cc3cc(-c4nc(C(O)NC5CCOCC5)[nH]c4C)ccc3[nH]2)n1. The molecule has 9 nitrogen and oxygen atoms in total. The highest BCUT2D eigenvalue weighted by molar-refractivity contribution is 5.88. The van der Waals surface area contributed by atoms with Crippen LogP contribution in [0.15, 0.2) is 28.8 Å². The fourth-order valence-corrected chi connectivity index (χ4v) is 3.86. The van der Waals surface area contributed by atoms with Crippen LogP contribution >= 0.6 is 0 Å². The van der Waals surface area contributed by atoms with Gasteiger partial charge in [0.25, 0.3) is 5.89 Å². The van der Waals surface area contributed by atoms with Crippen LogP contribution in [0.25, 0.3) is 33.7 Å². The molecule has 1 atom stereocenters. The number of benzene rings is 1. The molecule has 0 saturated carbocycles. The Balaban J connectivity index is 1.40. The number of ether oxygens (including phenoxy) is 1. The standard InChI is InChI=1S/C21H24N6O3/c1-11-18(26-19(22-11)20(28)24-15-5-7-29-8-6-15)13-3-4-16-14(9-13)10-17(25-16)21-23-12(2)27-30-21/h3-4,9-10,15,20,24-25,28H,5-8H2,1-2H3,(H,22,26). The van der Waals surface area contributed by atoms with Crippen molar-refractivity contribution in [3.63, 3.8) is 0 Å². The first-order chi connectivity index (χ1) is 14.6. The van der Waals surface area contributed by atoms with Crippen molar-refractivity contribution < 1.29 is 14.4 Å². The third-order valence-corrected chi connectivity index (χ3v) is 5.43. The fourth-order valence-electron chi connectivity index (χ4n) is 3.86. The minimum atomic E-state index is -0.844. The average Bonchev–Trinajstić information content (AvgIpc) is 3.46. The Bertz CT molecular complexity index is 1170. The molecule has 0 aliphatic carbocycles. The Hall–Kier alpha value is -3.01. The maximum absolute atomic E-state index is 10.6. The zero-order valence-corrected chi connectivity index (χ0v) is 16.9. The Morgan fingerprint density at radius 2 is 1.97 bits per heavy atom. The summed E-state index contributed by atoms with van der Waals surface area (Å²) < 4.78 is 10.6. The van der Waals surface area contributed by atoms with Gasteiger partial charge in [0, 0.05) is 41.4 Å². The van der Waals surface area contributed by atoms with Crippen LogP contribution in [-0.4, -0.2) is 49.5 Å². The number of imidazole rings is 1. The summed E-state index contributed by atoms with van der Waals surface area (Å²) in [6, 6.07) is 8.28. The van der Waals surface area contributed by atoms with Crippen LogP contribution in [0.3, 0.4) is 0 Å². The summed E-state index contributed by atoms with van der Waals surface area (Å²) in [5, 5.41) is 18.7. The maximum atomic E-state index is 10.6. The van der Waals surface area contributed by atoms with Crippen LogP contribution in [0.5, 0.6) is 0 Å². The van der Waals surface area contributed by atoms with Gasteiger partial charge in [-0.1, -0.05) is 11.2 Å². The van der Waals surface area contributed by atoms with E-state index in [4.69, 9.17) is 9.26 Å². The Morgan fingerprint density at radius 1 is 1.13 bits per heavy atom. The van der Waals surface area contributed by atoms with Gasteiger partial charge in [0.05, 0.1) is 5.69 Å². The molecule has 0 amide bonds. The highest BCUT2D eigenvalue weighted by Crippen LogP contribution is 2.29. The molecular weight excluding hydrogens is 384 g/mol. The molecule has 1 aromatic carbocycles. The molecule has 0 bridgehead atoms. The van der Waals surface area contributed by atoms with Gasteiger partial charge in [-0.3, -0.25) is 5.32 Å². The molecule has 1 aliphatic rings. The lowest BCUT2D eigenvalue weighted by atomic mass is 10.1. The van der Waals surface area contributed by atoms with Crippen molar-refractivity contribution in [3.8, 4) is 22.8 Å². The van der Waals surface area contributed by atoms with Gasteiger partial charge in [-0.05, 0) is 44.9 Å². The molecule has 1 saturated heterocycles. The lowest BCUT2D eigenvalue weighted by molar-refractivity contribution is 0.0467. The summed E-state index contributed by atoms with van der Waals surface area (Å²) in [5.74, 6) is 1.58. The number of aliphatic hydroxyl groups is 1. The molecular formula is C21H24N6O3. The smallest absolute Gasteiger partial charge is 0.274 e. The van der Waals surface area contributed by atoms with E-state index in [0.29, 0.717) is 30.8 Å². The molecule has 4 N–H and O–H groups in total. The molecule has 1 unspecified atom stereocenters. The number of aromatic amines is 2. The second-order valence-corrected chi connectivity index (χ2v) is 7.68. The van der Waals surface area contributed by atoms with Crippen molar-refractivity contribution in [1.82, 2.24) is 30.4 Å². The molecule has 4 aromatic rings. The Labute approximate surface area is 172 Å². The van der Waals surface area contributed by atoms with E-state index >= 15 is 0 Å². The van der Waals surface area contributed by atoms with Gasteiger partial charge in [0.15, 0.2) is 17.9 Å². The highest BCUT2D eigenvalue weighted by Gasteiger charge is 2.21. The van der Waals surface area contributed by atoms with Gasteiger partial charge < -0.3 is 24.3 Å². The van der Waals surface area contributed by atoms with Gasteiger partial charge in [-0.25, -0.2) is 4.98 Å². The van der Waals surface area contributed by atoms with E-state index in [1.165, 1.54) is 0 Å². The lowest BCUT2D eigenvalue weighted by Crippen LogP contribution is -2.37. The first-order valence-electron chi connectivity index (χ1n) is 10.1. The zero-order valence-electron chi connectivity index (χ0n) is 16.9. The predicted octanol–water partition coefficient (Wildman–Crippen LogP) is 2.98. The van der Waals surface area contributed by atoms with Gasteiger partial charge in [-0.15, -0.1) is 0 Å². The van der Waals surface area contributed by atoms with Gasteiger partial charge in [0.2, 0.25) is 0 Å². The van der Waals surface area contributed by atoms with E-state index in [-0.39, 0.29) is 6.04 Å². The molecule has 3 aromatic heterocycles. The van der Waals surface area contributed by atoms with Crippen LogP contribution in [0.4, 0.5) is 0 Å². The Kier molecular flexibility index (Phi) is 4.86. The monoisotopic (exact) mass is 408 g/mol. The molecule has 0 radical (unpaired) electrons. The largest absolute Gasteiger partial charge is 0.381 e. The minimum absolute atomic E-state index is 0.227. The zero-order chi connectivity index (χ0) is 20.7. The number of nitrogens with zero attached hydrogens (tertiary/aromatic N) is 3. The van der Waals surface area contributed by atoms with Crippen molar-refractivity contribution in [1.29, 1.82) is 0 Å². The van der Waals surface area contributed by atoms with Crippen LogP contribution in [0.1, 0.15) is 36.4 Å². The van der Waals surface area contributed by atoms with Crippen LogP contribution in [-0.2, 0) is 4.74 Å². The summed E-state index contributed by atoms with van der Waals surface area (Å²) in [4.78, 5) is 15.5. The normalized spacial score (nSPS) is 16.4. The number of hydrogen-bond acceptors (Lipinski definition) is 7. The molecule has 30 heavy (non-hydrogen) atoms. The third-order valence-electron chi connectivity index (χ3n) is 5.43. The first kappa shape index (κ1) is 19.0. The summed E-state index contributed by atoms with van der Waals surface area (Å²) in [6.07, 6.45) is 0.926. The first-order valence-corrected chi connectivity index (χ1v) is 10.1. The van der Waals surface area contributed by atoms with E-state index in [1.807, 2.05) is 25.1 Å². The summed E-state index contributed by atoms with van der Waals surface area (Å²) in [7, 11) is 0. The highest BCUT2D eigenvalue weighted by atomic mass is 16.5. The van der Waals surface area contributed by atoms with Crippen LogP contribution in [0.2, 0.25) is 0 Å². The predicted molar refractivity (Wildman–Crippen MR) is 111 cm³/mol. The molecule has 1 aliphatic heterocycles. The number of fused-ring (bicyclic) bond motifs is 1. The second kappa shape index (κ2) is 7.67. The number of aromatic nitrogens is 5. The summed E-state index contributed by atoms with van der Waals surface area (Å²) >= 11 is 0. The number of aliphatic hydroxyl groups excluding tert-OH is 1. The number of rotatable bonds is 5. The van der Waals surface area contributed by atoms with Crippen molar-refractivity contribution >= 4 is 10.9 Å². The Morgan fingerprint density at radius 3 is 2.73 bits per heavy atom. The number of aryl methyl sites for hydroxylation is 2. The fraction of sp³-hybridized carbons (Fsp3) is 0.381. The van der Waals surface area contributed by atoms with Crippen molar-refractivity contribution in [2.45, 2.75) is 39.0 Å². The van der Waals surface area contributed by atoms with Crippen molar-refractivity contribution in [2.75, 3.05) is 13.2 Å². The van der Waals surface area contributed by atoms with Crippen LogP contribution < -0.4 is 5.32 Å². The van der Waals surface area contributed by atoms with Crippen molar-refractivity contribution in [3.05, 3.63) is 41.6 Å². The molecule has 1 fully saturated rings. The van der Waals surface area contributed by atoms with E-state index in [0.717, 1.165) is 46.4 Å². The number of nitrogens with one attached hydrogen (secondary N) is 3. The van der Waals surface area contributed by atoms with E-state index in [9.17, 15) is 5.11 Å². The minimum Gasteiger partial charge on any atom is -0.381 e. The van der Waals surface area contributed by atoms with Crippen LogP contribution in [0, 0.1) is 13.8 Å². The molecule has 5 rings (SSSR count). The average molecular weight is 408 g/mol. The topological polar surface area (TPSA) is 125 Å². The van der Waals surface area contributed by atoms with E-state index in [1.54, 1.807) is 6.92 Å². The lowest BCUT2D eigenvalue weighted by Gasteiger charge is -2.25. The molecule has 0 spiro atoms. The maximum Gasteiger partial charge on any atom is 0.274 e. The van der Waals surface area contributed by atoms with Gasteiger partial charge >= 0.3 is 0 Å². The second-order valence-electron chi connectivity index (χ2n) is 7.68. The summed E-state index contributed by atoms with van der Waals surface area (Å²) in [5.41, 5.74) is 4.43. The quantitative estimate of drug-likeness (QED) is 0.374. The molecule has 9 heteroatoms. The molecule has 4 heterocycles. The van der Waals surface area contributed by atoms with E-state index in [2.05, 4.69) is 36.5 Å². The number of H-pyrrole nitrogens is 2. The van der Waals surface area contributed by atoms with Crippen molar-refractivity contribution in [2.24, 2.45) is 0 Å². The summed E-state index contributed by atoms with van der Waals surface area (Å²) in [6.45, 7) is 5.18. The number of hydrogen-bond donors (Lipinski definition) is 4. The third kappa shape index (κ3) is 3.62.